The molecular weight excluding hydrogens is 266 g/mol. The van der Waals surface area contributed by atoms with Crippen LogP contribution in [0.15, 0.2) is 0 Å². The molecule has 1 aliphatic carbocycles. The number of amides is 2. The highest BCUT2D eigenvalue weighted by Crippen LogP contribution is 2.32. The minimum absolute atomic E-state index is 0.0693. The third-order valence-electron chi connectivity index (χ3n) is 4.59. The topological polar surface area (TPSA) is 55.8 Å². The smallest absolute Gasteiger partial charge is 0.317 e. The first-order valence-corrected chi connectivity index (χ1v) is 8.45. The van der Waals surface area contributed by atoms with Crippen LogP contribution in [0, 0.1) is 11.8 Å². The van der Waals surface area contributed by atoms with E-state index < -0.39 is 0 Å². The molecule has 0 aromatic heterocycles. The lowest BCUT2D eigenvalue weighted by atomic mass is 10.1. The highest BCUT2D eigenvalue weighted by Gasteiger charge is 2.31. The Hall–Kier alpha value is -0.810. The molecule has 5 nitrogen and oxygen atoms in total. The largest absolute Gasteiger partial charge is 0.391 e. The maximum absolute atomic E-state index is 12.0. The van der Waals surface area contributed by atoms with Crippen molar-refractivity contribution in [1.82, 2.24) is 15.1 Å². The molecule has 122 valence electrons. The van der Waals surface area contributed by atoms with E-state index in [1.807, 2.05) is 0 Å². The molecule has 1 aliphatic heterocycles. The molecule has 0 aromatic rings. The number of rotatable bonds is 7. The van der Waals surface area contributed by atoms with E-state index in [0.29, 0.717) is 24.9 Å². The normalized spacial score (nSPS) is 22.6. The molecular formula is C16H31N3O2. The number of hydrogen-bond donors (Lipinski definition) is 2. The van der Waals surface area contributed by atoms with Crippen LogP contribution in [0.5, 0.6) is 0 Å². The molecule has 0 spiro atoms. The predicted octanol–water partition coefficient (Wildman–Crippen LogP) is 1.52. The van der Waals surface area contributed by atoms with Gasteiger partial charge in [0.05, 0.1) is 6.10 Å². The van der Waals surface area contributed by atoms with Gasteiger partial charge in [-0.1, -0.05) is 13.3 Å². The summed E-state index contributed by atoms with van der Waals surface area (Å²) in [6.45, 7) is 6.80. The molecule has 2 rings (SSSR count). The Balaban J connectivity index is 1.60. The fourth-order valence-electron chi connectivity index (χ4n) is 3.04. The summed E-state index contributed by atoms with van der Waals surface area (Å²) in [6, 6.07) is -0.0693. The van der Waals surface area contributed by atoms with E-state index in [0.717, 1.165) is 19.4 Å². The highest BCUT2D eigenvalue weighted by atomic mass is 16.3. The van der Waals surface area contributed by atoms with E-state index in [4.69, 9.17) is 0 Å². The van der Waals surface area contributed by atoms with Gasteiger partial charge in [-0.05, 0) is 50.6 Å². The lowest BCUT2D eigenvalue weighted by Gasteiger charge is -2.29. The molecule has 2 amide bonds. The van der Waals surface area contributed by atoms with Crippen molar-refractivity contribution in [1.29, 1.82) is 0 Å². The van der Waals surface area contributed by atoms with Crippen molar-refractivity contribution >= 4 is 6.03 Å². The highest BCUT2D eigenvalue weighted by molar-refractivity contribution is 5.73. The number of likely N-dealkylation sites (tertiary alicyclic amines) is 1. The number of aliphatic hydroxyl groups excluding tert-OH is 1. The number of carbonyl (C=O) groups is 1. The van der Waals surface area contributed by atoms with Crippen LogP contribution in [0.3, 0.4) is 0 Å². The Kier molecular flexibility index (Phi) is 6.30. The zero-order chi connectivity index (χ0) is 15.2. The van der Waals surface area contributed by atoms with Crippen LogP contribution in [0.1, 0.15) is 39.0 Å². The molecule has 0 radical (unpaired) electrons. The maximum Gasteiger partial charge on any atom is 0.317 e. The number of piperidine rings is 1. The summed E-state index contributed by atoms with van der Waals surface area (Å²) < 4.78 is 0. The molecule has 1 saturated heterocycles. The van der Waals surface area contributed by atoms with E-state index in [2.05, 4.69) is 17.1 Å². The third-order valence-corrected chi connectivity index (χ3v) is 4.59. The maximum atomic E-state index is 12.0. The first-order chi connectivity index (χ1) is 10.1. The van der Waals surface area contributed by atoms with Crippen LogP contribution in [0.2, 0.25) is 0 Å². The van der Waals surface area contributed by atoms with Crippen LogP contribution >= 0.6 is 0 Å². The summed E-state index contributed by atoms with van der Waals surface area (Å²) in [6.07, 6.45) is 5.82. The number of nitrogens with one attached hydrogen (secondary N) is 1. The minimum atomic E-state index is -0.355. The number of aliphatic hydroxyl groups is 1. The number of nitrogens with zero attached hydrogens (tertiary/aromatic N) is 2. The number of likely N-dealkylation sites (N-methyl/N-ethyl adjacent to an activating group) is 1. The molecule has 1 saturated carbocycles. The van der Waals surface area contributed by atoms with E-state index in [9.17, 15) is 9.90 Å². The summed E-state index contributed by atoms with van der Waals surface area (Å²) in [4.78, 5) is 16.1. The van der Waals surface area contributed by atoms with Crippen molar-refractivity contribution in [2.45, 2.75) is 45.1 Å². The average Bonchev–Trinajstić information content (AvgIpc) is 3.30. The minimum Gasteiger partial charge on any atom is -0.391 e. The van der Waals surface area contributed by atoms with Crippen LogP contribution in [0.25, 0.3) is 0 Å². The average molecular weight is 297 g/mol. The van der Waals surface area contributed by atoms with Gasteiger partial charge >= 0.3 is 6.03 Å². The Morgan fingerprint density at radius 1 is 1.33 bits per heavy atom. The van der Waals surface area contributed by atoms with Gasteiger partial charge in [-0.3, -0.25) is 0 Å². The standard InChI is InChI=1S/C16H31N3O2/c1-13(11-19-8-4-3-5-9-19)10-17-16(21)18(2)12-15(20)14-6-7-14/h13-15,20H,3-12H2,1-2H3,(H,17,21). The van der Waals surface area contributed by atoms with Crippen molar-refractivity contribution < 1.29 is 9.90 Å². The van der Waals surface area contributed by atoms with Crippen molar-refractivity contribution in [3.8, 4) is 0 Å². The van der Waals surface area contributed by atoms with Gasteiger partial charge in [0.15, 0.2) is 0 Å². The van der Waals surface area contributed by atoms with E-state index in [1.165, 1.54) is 32.4 Å². The molecule has 2 aliphatic rings. The molecule has 21 heavy (non-hydrogen) atoms. The summed E-state index contributed by atoms with van der Waals surface area (Å²) in [5.74, 6) is 0.882. The Labute approximate surface area is 128 Å². The second kappa shape index (κ2) is 7.99. The fraction of sp³-hybridized carbons (Fsp3) is 0.938. The summed E-state index contributed by atoms with van der Waals surface area (Å²) in [5, 5.41) is 12.9. The molecule has 0 aromatic carbocycles. The molecule has 0 bridgehead atoms. The van der Waals surface area contributed by atoms with Gasteiger partial charge in [0.25, 0.3) is 0 Å². The van der Waals surface area contributed by atoms with Gasteiger partial charge in [0.2, 0.25) is 0 Å². The Bertz CT molecular complexity index is 327. The second-order valence-corrected chi connectivity index (χ2v) is 6.94. The summed E-state index contributed by atoms with van der Waals surface area (Å²) in [5.41, 5.74) is 0. The van der Waals surface area contributed by atoms with Crippen LogP contribution in [-0.4, -0.2) is 66.8 Å². The lowest BCUT2D eigenvalue weighted by molar-refractivity contribution is 0.113. The van der Waals surface area contributed by atoms with Crippen molar-refractivity contribution in [2.24, 2.45) is 11.8 Å². The van der Waals surface area contributed by atoms with Crippen molar-refractivity contribution in [3.05, 3.63) is 0 Å². The zero-order valence-electron chi connectivity index (χ0n) is 13.6. The first kappa shape index (κ1) is 16.6. The van der Waals surface area contributed by atoms with E-state index >= 15 is 0 Å². The van der Waals surface area contributed by atoms with Gasteiger partial charge in [0, 0.05) is 26.7 Å². The van der Waals surface area contributed by atoms with Gasteiger partial charge < -0.3 is 20.2 Å². The summed E-state index contributed by atoms with van der Waals surface area (Å²) >= 11 is 0. The Morgan fingerprint density at radius 2 is 2.00 bits per heavy atom. The molecule has 2 N–H and O–H groups in total. The van der Waals surface area contributed by atoms with Gasteiger partial charge in [-0.25, -0.2) is 4.79 Å². The van der Waals surface area contributed by atoms with Gasteiger partial charge in [-0.15, -0.1) is 0 Å². The number of hydrogen-bond acceptors (Lipinski definition) is 3. The van der Waals surface area contributed by atoms with E-state index in [-0.39, 0.29) is 12.1 Å². The molecule has 2 fully saturated rings. The van der Waals surface area contributed by atoms with Crippen LogP contribution in [-0.2, 0) is 0 Å². The lowest BCUT2D eigenvalue weighted by Crippen LogP contribution is -2.44. The van der Waals surface area contributed by atoms with Gasteiger partial charge in [-0.2, -0.15) is 0 Å². The second-order valence-electron chi connectivity index (χ2n) is 6.94. The SMILES string of the molecule is CC(CNC(=O)N(C)CC(O)C1CC1)CN1CCCCC1. The molecule has 5 heteroatoms. The molecule has 2 unspecified atom stereocenters. The predicted molar refractivity (Wildman–Crippen MR) is 84.2 cm³/mol. The van der Waals surface area contributed by atoms with Crippen molar-refractivity contribution in [3.63, 3.8) is 0 Å². The third kappa shape index (κ3) is 5.83. The molecule has 2 atom stereocenters. The fourth-order valence-corrected chi connectivity index (χ4v) is 3.04. The Morgan fingerprint density at radius 3 is 2.62 bits per heavy atom. The quantitative estimate of drug-likeness (QED) is 0.749. The molecule has 1 heterocycles. The monoisotopic (exact) mass is 297 g/mol. The summed E-state index contributed by atoms with van der Waals surface area (Å²) in [7, 11) is 1.76. The first-order valence-electron chi connectivity index (χ1n) is 8.45. The van der Waals surface area contributed by atoms with E-state index in [1.54, 1.807) is 11.9 Å². The van der Waals surface area contributed by atoms with Gasteiger partial charge in [0.1, 0.15) is 0 Å². The van der Waals surface area contributed by atoms with Crippen LogP contribution < -0.4 is 5.32 Å². The van der Waals surface area contributed by atoms with Crippen LogP contribution in [0.4, 0.5) is 4.79 Å². The van der Waals surface area contributed by atoms with Crippen molar-refractivity contribution in [2.75, 3.05) is 39.8 Å². The number of urea groups is 1. The number of carbonyl (C=O) groups excluding carboxylic acids is 1. The zero-order valence-corrected chi connectivity index (χ0v) is 13.6.